The highest BCUT2D eigenvalue weighted by Gasteiger charge is 2.16. The van der Waals surface area contributed by atoms with E-state index in [0.29, 0.717) is 0 Å². The second kappa shape index (κ2) is 4.51. The molecule has 12 heavy (non-hydrogen) atoms. The highest BCUT2D eigenvalue weighted by molar-refractivity contribution is 5.03. The van der Waals surface area contributed by atoms with E-state index in [9.17, 15) is 0 Å². The second-order valence-corrected chi connectivity index (χ2v) is 3.69. The number of hydrogen-bond acceptors (Lipinski definition) is 2. The Kier molecular flexibility index (Phi) is 3.60. The van der Waals surface area contributed by atoms with Gasteiger partial charge in [0.15, 0.2) is 0 Å². The number of rotatable bonds is 3. The Bertz CT molecular complexity index is 163. The third-order valence-electron chi connectivity index (χ3n) is 2.62. The molecule has 1 unspecified atom stereocenters. The molecule has 2 heteroatoms. The predicted octanol–water partition coefficient (Wildman–Crippen LogP) is 1.72. The Morgan fingerprint density at radius 2 is 2.42 bits per heavy atom. The van der Waals surface area contributed by atoms with Gasteiger partial charge in [0.05, 0.1) is 0 Å². The van der Waals surface area contributed by atoms with Crippen LogP contribution in [0.4, 0.5) is 0 Å². The SMILES string of the molecule is CCCN(C)C1CC=C(N)CC1. The van der Waals surface area contributed by atoms with Crippen molar-refractivity contribution in [3.05, 3.63) is 11.8 Å². The molecule has 1 atom stereocenters. The summed E-state index contributed by atoms with van der Waals surface area (Å²) in [6, 6.07) is 0.734. The summed E-state index contributed by atoms with van der Waals surface area (Å²) in [6.45, 7) is 3.43. The monoisotopic (exact) mass is 168 g/mol. The van der Waals surface area contributed by atoms with Crippen molar-refractivity contribution < 1.29 is 0 Å². The molecule has 0 saturated carbocycles. The van der Waals surface area contributed by atoms with Crippen molar-refractivity contribution in [1.29, 1.82) is 0 Å². The van der Waals surface area contributed by atoms with Crippen molar-refractivity contribution >= 4 is 0 Å². The fourth-order valence-corrected chi connectivity index (χ4v) is 1.78. The molecule has 2 N–H and O–H groups in total. The lowest BCUT2D eigenvalue weighted by Gasteiger charge is -2.29. The molecule has 1 rings (SSSR count). The maximum atomic E-state index is 5.71. The van der Waals surface area contributed by atoms with Crippen molar-refractivity contribution in [2.24, 2.45) is 5.73 Å². The van der Waals surface area contributed by atoms with E-state index in [2.05, 4.69) is 24.9 Å². The van der Waals surface area contributed by atoms with Crippen LogP contribution in [0, 0.1) is 0 Å². The van der Waals surface area contributed by atoms with Gasteiger partial charge in [-0.2, -0.15) is 0 Å². The van der Waals surface area contributed by atoms with Gasteiger partial charge in [0.2, 0.25) is 0 Å². The quantitative estimate of drug-likeness (QED) is 0.695. The average molecular weight is 168 g/mol. The maximum absolute atomic E-state index is 5.71. The van der Waals surface area contributed by atoms with Crippen LogP contribution in [0.2, 0.25) is 0 Å². The Morgan fingerprint density at radius 3 is 2.92 bits per heavy atom. The summed E-state index contributed by atoms with van der Waals surface area (Å²) >= 11 is 0. The van der Waals surface area contributed by atoms with Gasteiger partial charge >= 0.3 is 0 Å². The molecular weight excluding hydrogens is 148 g/mol. The van der Waals surface area contributed by atoms with Crippen molar-refractivity contribution in [1.82, 2.24) is 4.90 Å². The number of allylic oxidation sites excluding steroid dienone is 1. The molecule has 0 aromatic carbocycles. The van der Waals surface area contributed by atoms with Gasteiger partial charge in [0.25, 0.3) is 0 Å². The minimum atomic E-state index is 0.734. The van der Waals surface area contributed by atoms with Crippen LogP contribution >= 0.6 is 0 Å². The molecule has 0 bridgehead atoms. The van der Waals surface area contributed by atoms with Crippen molar-refractivity contribution in [3.63, 3.8) is 0 Å². The van der Waals surface area contributed by atoms with Crippen LogP contribution in [-0.2, 0) is 0 Å². The fourth-order valence-electron chi connectivity index (χ4n) is 1.78. The van der Waals surface area contributed by atoms with E-state index >= 15 is 0 Å². The van der Waals surface area contributed by atoms with Crippen molar-refractivity contribution in [2.75, 3.05) is 13.6 Å². The van der Waals surface area contributed by atoms with Crippen LogP contribution in [0.3, 0.4) is 0 Å². The fraction of sp³-hybridized carbons (Fsp3) is 0.800. The summed E-state index contributed by atoms with van der Waals surface area (Å²) in [5.74, 6) is 0. The van der Waals surface area contributed by atoms with E-state index in [1.165, 1.54) is 19.4 Å². The molecule has 0 fully saturated rings. The maximum Gasteiger partial charge on any atom is 0.0131 e. The first-order valence-corrected chi connectivity index (χ1v) is 4.88. The third kappa shape index (κ3) is 2.52. The standard InChI is InChI=1S/C10H20N2/c1-3-8-12(2)10-6-4-9(11)5-7-10/h4,10H,3,5-8,11H2,1-2H3. The van der Waals surface area contributed by atoms with Gasteiger partial charge in [-0.15, -0.1) is 0 Å². The van der Waals surface area contributed by atoms with E-state index in [4.69, 9.17) is 5.73 Å². The Hall–Kier alpha value is -0.500. The van der Waals surface area contributed by atoms with E-state index in [-0.39, 0.29) is 0 Å². The lowest BCUT2D eigenvalue weighted by molar-refractivity contribution is 0.226. The normalized spacial score (nSPS) is 24.2. The summed E-state index contributed by atoms with van der Waals surface area (Å²) in [4.78, 5) is 2.45. The molecule has 0 saturated heterocycles. The number of nitrogens with zero attached hydrogens (tertiary/aromatic N) is 1. The molecule has 0 aliphatic heterocycles. The smallest absolute Gasteiger partial charge is 0.0131 e. The van der Waals surface area contributed by atoms with Gasteiger partial charge in [-0.25, -0.2) is 0 Å². The van der Waals surface area contributed by atoms with Crippen LogP contribution in [0.15, 0.2) is 11.8 Å². The molecule has 70 valence electrons. The molecule has 0 heterocycles. The van der Waals surface area contributed by atoms with Gasteiger partial charge in [-0.1, -0.05) is 13.0 Å². The van der Waals surface area contributed by atoms with Crippen molar-refractivity contribution in [3.8, 4) is 0 Å². The summed E-state index contributed by atoms with van der Waals surface area (Å²) in [6.07, 6.45) is 6.88. The van der Waals surface area contributed by atoms with Gasteiger partial charge in [-0.05, 0) is 39.3 Å². The molecule has 0 aromatic heterocycles. The first-order chi connectivity index (χ1) is 5.74. The average Bonchev–Trinajstić information content (AvgIpc) is 2.06. The highest BCUT2D eigenvalue weighted by atomic mass is 15.1. The second-order valence-electron chi connectivity index (χ2n) is 3.69. The summed E-state index contributed by atoms with van der Waals surface area (Å²) in [5.41, 5.74) is 6.79. The predicted molar refractivity (Wildman–Crippen MR) is 52.8 cm³/mol. The molecule has 0 aromatic rings. The molecule has 0 spiro atoms. The van der Waals surface area contributed by atoms with Crippen LogP contribution < -0.4 is 5.73 Å². The summed E-state index contributed by atoms with van der Waals surface area (Å²) in [7, 11) is 2.21. The minimum absolute atomic E-state index is 0.734. The van der Waals surface area contributed by atoms with E-state index < -0.39 is 0 Å². The van der Waals surface area contributed by atoms with Gasteiger partial charge in [-0.3, -0.25) is 0 Å². The van der Waals surface area contributed by atoms with Crippen molar-refractivity contribution in [2.45, 2.75) is 38.6 Å². The van der Waals surface area contributed by atoms with E-state index in [0.717, 1.165) is 24.6 Å². The van der Waals surface area contributed by atoms with Crippen LogP contribution in [0.1, 0.15) is 32.6 Å². The lowest BCUT2D eigenvalue weighted by atomic mass is 9.98. The molecular formula is C10H20N2. The first-order valence-electron chi connectivity index (χ1n) is 4.88. The largest absolute Gasteiger partial charge is 0.402 e. The zero-order valence-corrected chi connectivity index (χ0v) is 8.21. The topological polar surface area (TPSA) is 29.3 Å². The van der Waals surface area contributed by atoms with Gasteiger partial charge in [0, 0.05) is 11.7 Å². The minimum Gasteiger partial charge on any atom is -0.402 e. The first kappa shape index (κ1) is 9.59. The Labute approximate surface area is 75.4 Å². The molecule has 2 nitrogen and oxygen atoms in total. The zero-order chi connectivity index (χ0) is 8.97. The van der Waals surface area contributed by atoms with E-state index in [1.807, 2.05) is 0 Å². The van der Waals surface area contributed by atoms with E-state index in [1.54, 1.807) is 0 Å². The lowest BCUT2D eigenvalue weighted by Crippen LogP contribution is -2.33. The summed E-state index contributed by atoms with van der Waals surface area (Å²) in [5, 5.41) is 0. The summed E-state index contributed by atoms with van der Waals surface area (Å²) < 4.78 is 0. The highest BCUT2D eigenvalue weighted by Crippen LogP contribution is 2.18. The molecule has 1 aliphatic carbocycles. The van der Waals surface area contributed by atoms with Gasteiger partial charge < -0.3 is 10.6 Å². The number of nitrogens with two attached hydrogens (primary N) is 1. The Balaban J connectivity index is 2.34. The van der Waals surface area contributed by atoms with Crippen LogP contribution in [-0.4, -0.2) is 24.5 Å². The van der Waals surface area contributed by atoms with Crippen LogP contribution in [0.5, 0.6) is 0 Å². The third-order valence-corrected chi connectivity index (χ3v) is 2.62. The van der Waals surface area contributed by atoms with Crippen LogP contribution in [0.25, 0.3) is 0 Å². The molecule has 0 amide bonds. The number of hydrogen-bond donors (Lipinski definition) is 1. The zero-order valence-electron chi connectivity index (χ0n) is 8.21. The molecule has 1 aliphatic rings. The Morgan fingerprint density at radius 1 is 1.67 bits per heavy atom. The van der Waals surface area contributed by atoms with Gasteiger partial charge in [0.1, 0.15) is 0 Å². The molecule has 0 radical (unpaired) electrons.